The van der Waals surface area contributed by atoms with E-state index in [1.807, 2.05) is 32.9 Å². The molecule has 3 heteroatoms. The maximum atomic E-state index is 13.4. The van der Waals surface area contributed by atoms with E-state index in [1.54, 1.807) is 6.07 Å². The topological polar surface area (TPSA) is 33.4 Å². The summed E-state index contributed by atoms with van der Waals surface area (Å²) in [7, 11) is 0. The summed E-state index contributed by atoms with van der Waals surface area (Å²) in [6, 6.07) is 6.72. The Morgan fingerprint density at radius 3 is 2.67 bits per heavy atom. The standard InChI is InChI=1S/C15H19FO2/c1-15(2,3)13(17)8-7-11-9-10-5-4-6-12(16)14(10)18-11/h4-6,9,13,17H,7-8H2,1-3H3. The Hall–Kier alpha value is -1.35. The smallest absolute Gasteiger partial charge is 0.169 e. The number of rotatable bonds is 3. The molecule has 1 aromatic carbocycles. The van der Waals surface area contributed by atoms with Gasteiger partial charge in [-0.15, -0.1) is 0 Å². The lowest BCUT2D eigenvalue weighted by molar-refractivity contribution is 0.0549. The van der Waals surface area contributed by atoms with Gasteiger partial charge in [0.15, 0.2) is 11.4 Å². The van der Waals surface area contributed by atoms with Gasteiger partial charge < -0.3 is 9.52 Å². The molecule has 0 amide bonds. The van der Waals surface area contributed by atoms with Crippen molar-refractivity contribution in [3.8, 4) is 0 Å². The Morgan fingerprint density at radius 1 is 1.33 bits per heavy atom. The minimum Gasteiger partial charge on any atom is -0.458 e. The van der Waals surface area contributed by atoms with E-state index in [9.17, 15) is 9.50 Å². The first-order valence-electron chi connectivity index (χ1n) is 6.23. The normalized spacial score (nSPS) is 14.1. The molecule has 1 aromatic heterocycles. The number of halogens is 1. The van der Waals surface area contributed by atoms with Crippen molar-refractivity contribution >= 4 is 11.0 Å². The van der Waals surface area contributed by atoms with Gasteiger partial charge in [-0.3, -0.25) is 0 Å². The predicted molar refractivity (Wildman–Crippen MR) is 70.0 cm³/mol. The van der Waals surface area contributed by atoms with Gasteiger partial charge >= 0.3 is 0 Å². The summed E-state index contributed by atoms with van der Waals surface area (Å²) in [5, 5.41) is 10.7. The van der Waals surface area contributed by atoms with Crippen LogP contribution < -0.4 is 0 Å². The lowest BCUT2D eigenvalue weighted by Crippen LogP contribution is -2.26. The molecular formula is C15H19FO2. The highest BCUT2D eigenvalue weighted by Crippen LogP contribution is 2.26. The summed E-state index contributed by atoms with van der Waals surface area (Å²) in [5.74, 6) is 0.383. The van der Waals surface area contributed by atoms with E-state index < -0.39 is 6.10 Å². The van der Waals surface area contributed by atoms with Crippen LogP contribution in [-0.4, -0.2) is 11.2 Å². The Labute approximate surface area is 106 Å². The Kier molecular flexibility index (Phi) is 3.44. The fraction of sp³-hybridized carbons (Fsp3) is 0.467. The number of aliphatic hydroxyl groups is 1. The van der Waals surface area contributed by atoms with Crippen LogP contribution in [0.5, 0.6) is 0 Å². The number of hydrogen-bond acceptors (Lipinski definition) is 2. The van der Waals surface area contributed by atoms with Crippen molar-refractivity contribution in [3.05, 3.63) is 35.8 Å². The molecule has 0 spiro atoms. The summed E-state index contributed by atoms with van der Waals surface area (Å²) in [4.78, 5) is 0. The molecule has 1 atom stereocenters. The molecule has 2 aromatic rings. The van der Waals surface area contributed by atoms with Gasteiger partial charge in [-0.1, -0.05) is 32.9 Å². The fourth-order valence-electron chi connectivity index (χ4n) is 1.92. The van der Waals surface area contributed by atoms with Crippen molar-refractivity contribution in [1.29, 1.82) is 0 Å². The third-order valence-corrected chi connectivity index (χ3v) is 3.21. The summed E-state index contributed by atoms with van der Waals surface area (Å²) in [5.41, 5.74) is 0.162. The Morgan fingerprint density at radius 2 is 2.06 bits per heavy atom. The van der Waals surface area contributed by atoms with Crippen LogP contribution in [-0.2, 0) is 6.42 Å². The molecule has 0 radical (unpaired) electrons. The van der Waals surface area contributed by atoms with E-state index in [4.69, 9.17) is 4.42 Å². The fourth-order valence-corrected chi connectivity index (χ4v) is 1.92. The average Bonchev–Trinajstić information content (AvgIpc) is 2.69. The first kappa shape index (κ1) is 13.1. The molecule has 0 saturated carbocycles. The second kappa shape index (κ2) is 4.73. The molecule has 1 N–H and O–H groups in total. The van der Waals surface area contributed by atoms with Gasteiger partial charge in [0.05, 0.1) is 6.10 Å². The van der Waals surface area contributed by atoms with Gasteiger partial charge in [-0.05, 0) is 24.0 Å². The summed E-state index contributed by atoms with van der Waals surface area (Å²) >= 11 is 0. The number of aryl methyl sites for hydroxylation is 1. The van der Waals surface area contributed by atoms with Crippen LogP contribution >= 0.6 is 0 Å². The van der Waals surface area contributed by atoms with Crippen molar-refractivity contribution in [2.75, 3.05) is 0 Å². The molecule has 98 valence electrons. The van der Waals surface area contributed by atoms with E-state index in [-0.39, 0.29) is 11.2 Å². The second-order valence-corrected chi connectivity index (χ2v) is 5.79. The first-order valence-corrected chi connectivity index (χ1v) is 6.23. The number of hydrogen-bond donors (Lipinski definition) is 1. The lowest BCUT2D eigenvalue weighted by Gasteiger charge is -2.25. The monoisotopic (exact) mass is 250 g/mol. The average molecular weight is 250 g/mol. The van der Waals surface area contributed by atoms with Crippen LogP contribution in [0.1, 0.15) is 33.0 Å². The molecule has 0 saturated heterocycles. The predicted octanol–water partition coefficient (Wildman–Crippen LogP) is 3.91. The van der Waals surface area contributed by atoms with E-state index in [2.05, 4.69) is 0 Å². The van der Waals surface area contributed by atoms with Crippen LogP contribution in [0.4, 0.5) is 4.39 Å². The molecule has 0 bridgehead atoms. The van der Waals surface area contributed by atoms with Crippen molar-refractivity contribution in [2.24, 2.45) is 5.41 Å². The van der Waals surface area contributed by atoms with Gasteiger partial charge in [0.1, 0.15) is 5.76 Å². The zero-order valence-electron chi connectivity index (χ0n) is 11.0. The molecule has 1 unspecified atom stereocenters. The number of benzene rings is 1. The zero-order valence-corrected chi connectivity index (χ0v) is 11.0. The molecule has 0 aliphatic carbocycles. The van der Waals surface area contributed by atoms with Crippen molar-refractivity contribution < 1.29 is 13.9 Å². The highest BCUT2D eigenvalue weighted by Gasteiger charge is 2.22. The van der Waals surface area contributed by atoms with Gasteiger partial charge in [0.25, 0.3) is 0 Å². The van der Waals surface area contributed by atoms with E-state index in [1.165, 1.54) is 6.07 Å². The highest BCUT2D eigenvalue weighted by molar-refractivity contribution is 5.78. The number of fused-ring (bicyclic) bond motifs is 1. The van der Waals surface area contributed by atoms with Gasteiger partial charge in [0, 0.05) is 11.8 Å². The SMILES string of the molecule is CC(C)(C)C(O)CCc1cc2cccc(F)c2o1. The maximum absolute atomic E-state index is 13.4. The Balaban J connectivity index is 2.11. The first-order chi connectivity index (χ1) is 8.38. The van der Waals surface area contributed by atoms with Crippen LogP contribution in [0.15, 0.2) is 28.7 Å². The zero-order chi connectivity index (χ0) is 13.3. The van der Waals surface area contributed by atoms with Crippen LogP contribution in [0.25, 0.3) is 11.0 Å². The van der Waals surface area contributed by atoms with Gasteiger partial charge in [-0.2, -0.15) is 0 Å². The second-order valence-electron chi connectivity index (χ2n) is 5.79. The lowest BCUT2D eigenvalue weighted by atomic mass is 9.86. The van der Waals surface area contributed by atoms with Crippen LogP contribution in [0, 0.1) is 11.2 Å². The number of aliphatic hydroxyl groups excluding tert-OH is 1. The third-order valence-electron chi connectivity index (χ3n) is 3.21. The quantitative estimate of drug-likeness (QED) is 0.896. The van der Waals surface area contributed by atoms with Gasteiger partial charge in [-0.25, -0.2) is 4.39 Å². The molecule has 2 nitrogen and oxygen atoms in total. The van der Waals surface area contributed by atoms with E-state index >= 15 is 0 Å². The van der Waals surface area contributed by atoms with Crippen molar-refractivity contribution in [2.45, 2.75) is 39.7 Å². The molecular weight excluding hydrogens is 231 g/mol. The largest absolute Gasteiger partial charge is 0.458 e. The number of furan rings is 1. The van der Waals surface area contributed by atoms with E-state index in [0.717, 1.165) is 11.1 Å². The summed E-state index contributed by atoms with van der Waals surface area (Å²) in [6.07, 6.45) is 0.841. The van der Waals surface area contributed by atoms with Gasteiger partial charge in [0.2, 0.25) is 0 Å². The maximum Gasteiger partial charge on any atom is 0.169 e. The molecule has 0 aliphatic heterocycles. The summed E-state index contributed by atoms with van der Waals surface area (Å²) < 4.78 is 18.9. The molecule has 0 aliphatic rings. The molecule has 0 fully saturated rings. The molecule has 1 heterocycles. The highest BCUT2D eigenvalue weighted by atomic mass is 19.1. The summed E-state index contributed by atoms with van der Waals surface area (Å²) in [6.45, 7) is 5.99. The minimum absolute atomic E-state index is 0.142. The molecule has 2 rings (SSSR count). The van der Waals surface area contributed by atoms with Crippen LogP contribution in [0.3, 0.4) is 0 Å². The van der Waals surface area contributed by atoms with Crippen LogP contribution in [0.2, 0.25) is 0 Å². The van der Waals surface area contributed by atoms with E-state index in [0.29, 0.717) is 18.4 Å². The minimum atomic E-state index is -0.393. The third kappa shape index (κ3) is 2.72. The molecule has 18 heavy (non-hydrogen) atoms. The number of para-hydroxylation sites is 1. The van der Waals surface area contributed by atoms with Crippen molar-refractivity contribution in [1.82, 2.24) is 0 Å². The Bertz CT molecular complexity index is 537. The van der Waals surface area contributed by atoms with Crippen molar-refractivity contribution in [3.63, 3.8) is 0 Å².